The zero-order valence-corrected chi connectivity index (χ0v) is 12.7. The Morgan fingerprint density at radius 1 is 1.00 bits per heavy atom. The minimum Gasteiger partial charge on any atom is -0.399 e. The van der Waals surface area contributed by atoms with Gasteiger partial charge in [0.05, 0.1) is 25.5 Å². The predicted molar refractivity (Wildman–Crippen MR) is 87.0 cm³/mol. The molecule has 0 spiro atoms. The first-order valence-electron chi connectivity index (χ1n) is 7.50. The molecule has 6 N–H and O–H groups in total. The fourth-order valence-electron chi connectivity index (χ4n) is 2.09. The van der Waals surface area contributed by atoms with Gasteiger partial charge in [-0.1, -0.05) is 5.11 Å². The van der Waals surface area contributed by atoms with E-state index in [0.717, 1.165) is 37.6 Å². The monoisotopic (exact) mass is 302 g/mol. The van der Waals surface area contributed by atoms with E-state index in [1.54, 1.807) is 0 Å². The smallest absolute Gasteiger partial charge is 0.399 e. The second-order valence-corrected chi connectivity index (χ2v) is 5.06. The Kier molecular flexibility index (Phi) is 6.05. The predicted octanol–water partition coefficient (Wildman–Crippen LogP) is 1.47. The summed E-state index contributed by atoms with van der Waals surface area (Å²) in [7, 11) is 0. The molecule has 22 heavy (non-hydrogen) atoms. The Bertz CT molecular complexity index is 575. The van der Waals surface area contributed by atoms with Crippen LogP contribution in [-0.4, -0.2) is 17.7 Å². The molecule has 0 unspecified atom stereocenters. The maximum atomic E-state index is 5.67. The summed E-state index contributed by atoms with van der Waals surface area (Å²) in [5, 5.41) is 8.69. The van der Waals surface area contributed by atoms with Crippen LogP contribution in [0.25, 0.3) is 0 Å². The van der Waals surface area contributed by atoms with Gasteiger partial charge in [0, 0.05) is 10.8 Å². The third-order valence-corrected chi connectivity index (χ3v) is 3.29. The molecule has 0 saturated heterocycles. The lowest BCUT2D eigenvalue weighted by atomic mass is 10.3. The molecule has 118 valence electrons. The normalized spacial score (nSPS) is 11.4. The number of hydrogen-bond acceptors (Lipinski definition) is 5. The first kappa shape index (κ1) is 16.1. The number of azo groups is 1. The largest absolute Gasteiger partial charge is 0.421 e. The van der Waals surface area contributed by atoms with Gasteiger partial charge in [-0.05, 0) is 50.2 Å². The lowest BCUT2D eigenvalue weighted by molar-refractivity contribution is -0.683. The van der Waals surface area contributed by atoms with Gasteiger partial charge in [-0.25, -0.2) is 9.13 Å². The molecular formula is C15H24N7+. The quantitative estimate of drug-likeness (QED) is 0.390. The second kappa shape index (κ2) is 8.26. The van der Waals surface area contributed by atoms with E-state index in [0.29, 0.717) is 18.8 Å². The molecule has 1 aromatic heterocycles. The number of nitrogens with two attached hydrogens (primary N) is 3. The topological polar surface area (TPSA) is 112 Å². The Labute approximate surface area is 130 Å². The molecule has 0 radical (unpaired) electrons. The SMILES string of the molecule is NCCCn1cc[n+](CCCN)c1/N=N/c1ccc(N)cc1. The number of imidazole rings is 1. The van der Waals surface area contributed by atoms with Gasteiger partial charge in [-0.15, -0.1) is 0 Å². The summed E-state index contributed by atoms with van der Waals surface area (Å²) in [6, 6.07) is 7.31. The van der Waals surface area contributed by atoms with Gasteiger partial charge in [0.25, 0.3) is 0 Å². The molecule has 7 nitrogen and oxygen atoms in total. The van der Waals surface area contributed by atoms with Crippen LogP contribution in [-0.2, 0) is 13.1 Å². The van der Waals surface area contributed by atoms with Gasteiger partial charge in [0.1, 0.15) is 5.69 Å². The summed E-state index contributed by atoms with van der Waals surface area (Å²) < 4.78 is 4.12. The summed E-state index contributed by atoms with van der Waals surface area (Å²) in [4.78, 5) is 0. The highest BCUT2D eigenvalue weighted by atomic mass is 15.3. The van der Waals surface area contributed by atoms with E-state index < -0.39 is 0 Å². The molecule has 7 heteroatoms. The molecule has 2 rings (SSSR count). The molecule has 0 aliphatic rings. The van der Waals surface area contributed by atoms with Crippen molar-refractivity contribution in [3.8, 4) is 0 Å². The van der Waals surface area contributed by atoms with E-state index in [2.05, 4.69) is 19.4 Å². The standard InChI is InChI=1S/C15H23N7/c16-7-1-9-21-11-12-22(10-2-8-17)15(21)20-19-14-5-3-13(18)4-6-14/h3-6,11-12,18H,1-2,7-10,16-17H2/p+1. The number of hydrogen-bond donors (Lipinski definition) is 3. The van der Waals surface area contributed by atoms with E-state index in [9.17, 15) is 0 Å². The first-order chi connectivity index (χ1) is 10.7. The Hall–Kier alpha value is -2.25. The number of benzene rings is 1. The van der Waals surface area contributed by atoms with Crippen molar-refractivity contribution in [1.29, 1.82) is 0 Å². The lowest BCUT2D eigenvalue weighted by Gasteiger charge is -1.99. The molecule has 0 fully saturated rings. The summed E-state index contributed by atoms with van der Waals surface area (Å²) >= 11 is 0. The minimum atomic E-state index is 0.648. The first-order valence-corrected chi connectivity index (χ1v) is 7.50. The summed E-state index contributed by atoms with van der Waals surface area (Å²) in [6.07, 6.45) is 5.80. The average Bonchev–Trinajstić information content (AvgIpc) is 2.92. The highest BCUT2D eigenvalue weighted by Gasteiger charge is 2.16. The van der Waals surface area contributed by atoms with Crippen molar-refractivity contribution >= 4 is 17.3 Å². The molecule has 0 saturated carbocycles. The van der Waals surface area contributed by atoms with Crippen molar-refractivity contribution < 1.29 is 4.57 Å². The molecule has 1 heterocycles. The van der Waals surface area contributed by atoms with Crippen molar-refractivity contribution in [2.24, 2.45) is 21.7 Å². The van der Waals surface area contributed by atoms with Crippen LogP contribution in [0.2, 0.25) is 0 Å². The highest BCUT2D eigenvalue weighted by Crippen LogP contribution is 2.17. The summed E-state index contributed by atoms with van der Waals surface area (Å²) in [5.74, 6) is 0.804. The third-order valence-electron chi connectivity index (χ3n) is 3.29. The van der Waals surface area contributed by atoms with Gasteiger partial charge in [-0.3, -0.25) is 0 Å². The van der Waals surface area contributed by atoms with Gasteiger partial charge in [-0.2, -0.15) is 0 Å². The van der Waals surface area contributed by atoms with Gasteiger partial charge in [0.15, 0.2) is 0 Å². The van der Waals surface area contributed by atoms with E-state index in [1.807, 2.05) is 36.7 Å². The summed E-state index contributed by atoms with van der Waals surface area (Å²) in [6.45, 7) is 2.94. The van der Waals surface area contributed by atoms with Gasteiger partial charge < -0.3 is 17.2 Å². The van der Waals surface area contributed by atoms with E-state index >= 15 is 0 Å². The molecule has 0 bridgehead atoms. The number of nitrogen functional groups attached to an aromatic ring is 1. The zero-order valence-electron chi connectivity index (χ0n) is 12.7. The van der Waals surface area contributed by atoms with E-state index in [1.165, 1.54) is 0 Å². The van der Waals surface area contributed by atoms with Crippen molar-refractivity contribution in [3.05, 3.63) is 36.7 Å². The van der Waals surface area contributed by atoms with Crippen molar-refractivity contribution in [3.63, 3.8) is 0 Å². The number of aromatic nitrogens is 2. The van der Waals surface area contributed by atoms with Crippen molar-refractivity contribution in [2.75, 3.05) is 18.8 Å². The van der Waals surface area contributed by atoms with Crippen LogP contribution >= 0.6 is 0 Å². The van der Waals surface area contributed by atoms with Crippen LogP contribution in [0.5, 0.6) is 0 Å². The molecule has 0 amide bonds. The van der Waals surface area contributed by atoms with Crippen LogP contribution < -0.4 is 21.8 Å². The van der Waals surface area contributed by atoms with Crippen LogP contribution in [0.3, 0.4) is 0 Å². The van der Waals surface area contributed by atoms with Gasteiger partial charge in [0.2, 0.25) is 0 Å². The number of rotatable bonds is 8. The maximum absolute atomic E-state index is 5.67. The molecule has 0 atom stereocenters. The highest BCUT2D eigenvalue weighted by molar-refractivity contribution is 5.47. The summed E-state index contributed by atoms with van der Waals surface area (Å²) in [5.41, 5.74) is 18.3. The number of aryl methyl sites for hydroxylation is 2. The molecular weight excluding hydrogens is 278 g/mol. The molecule has 0 aliphatic heterocycles. The Morgan fingerprint density at radius 3 is 2.41 bits per heavy atom. The Morgan fingerprint density at radius 2 is 1.73 bits per heavy atom. The van der Waals surface area contributed by atoms with Crippen molar-refractivity contribution in [1.82, 2.24) is 4.57 Å². The van der Waals surface area contributed by atoms with Gasteiger partial charge >= 0.3 is 5.95 Å². The fraction of sp³-hybridized carbons (Fsp3) is 0.400. The van der Waals surface area contributed by atoms with Crippen molar-refractivity contribution in [2.45, 2.75) is 25.9 Å². The molecule has 1 aromatic carbocycles. The minimum absolute atomic E-state index is 0.648. The molecule has 2 aromatic rings. The lowest BCUT2D eigenvalue weighted by Crippen LogP contribution is -2.33. The van der Waals surface area contributed by atoms with E-state index in [-0.39, 0.29) is 0 Å². The average molecular weight is 302 g/mol. The Balaban J connectivity index is 2.21. The van der Waals surface area contributed by atoms with Crippen LogP contribution in [0.1, 0.15) is 12.8 Å². The number of nitrogens with zero attached hydrogens (tertiary/aromatic N) is 4. The van der Waals surface area contributed by atoms with Crippen LogP contribution in [0.15, 0.2) is 46.9 Å². The number of anilines is 1. The fourth-order valence-corrected chi connectivity index (χ4v) is 2.09. The van der Waals surface area contributed by atoms with E-state index in [4.69, 9.17) is 17.2 Å². The second-order valence-electron chi connectivity index (χ2n) is 5.06. The third kappa shape index (κ3) is 4.37. The van der Waals surface area contributed by atoms with Crippen LogP contribution in [0, 0.1) is 0 Å². The van der Waals surface area contributed by atoms with Crippen LogP contribution in [0.4, 0.5) is 17.3 Å². The zero-order chi connectivity index (χ0) is 15.8. The molecule has 0 aliphatic carbocycles. The maximum Gasteiger partial charge on any atom is 0.421 e.